The van der Waals surface area contributed by atoms with Crippen LogP contribution in [0.4, 0.5) is 5.69 Å². The summed E-state index contributed by atoms with van der Waals surface area (Å²) in [5, 5.41) is 5.64. The van der Waals surface area contributed by atoms with E-state index in [1.54, 1.807) is 0 Å². The predicted molar refractivity (Wildman–Crippen MR) is 136 cm³/mol. The first-order valence-corrected chi connectivity index (χ1v) is 12.3. The first kappa shape index (κ1) is 24.2. The molecule has 0 saturated carbocycles. The largest absolute Gasteiger partial charge is 0.374 e. The Morgan fingerprint density at radius 1 is 0.912 bits per heavy atom. The molecular formula is C27H37N5O2. The molecule has 2 amide bonds. The van der Waals surface area contributed by atoms with Gasteiger partial charge in [-0.25, -0.2) is 0 Å². The molecule has 2 N–H and O–H groups in total. The Morgan fingerprint density at radius 3 is 2.35 bits per heavy atom. The molecule has 182 valence electrons. The molecule has 2 aromatic rings. The zero-order valence-corrected chi connectivity index (χ0v) is 20.6. The van der Waals surface area contributed by atoms with Crippen molar-refractivity contribution in [3.05, 3.63) is 64.7 Å². The molecule has 7 heteroatoms. The number of likely N-dealkylation sites (N-methyl/N-ethyl adjacent to an activating group) is 1. The van der Waals surface area contributed by atoms with Gasteiger partial charge in [-0.15, -0.1) is 0 Å². The highest BCUT2D eigenvalue weighted by atomic mass is 16.2. The van der Waals surface area contributed by atoms with Gasteiger partial charge in [-0.05, 0) is 49.6 Å². The molecule has 0 spiro atoms. The number of nitrogens with one attached hydrogen (secondary N) is 2. The summed E-state index contributed by atoms with van der Waals surface area (Å²) < 4.78 is 0. The Hall–Kier alpha value is -2.90. The first-order chi connectivity index (χ1) is 16.4. The fraction of sp³-hybridized carbons (Fsp3) is 0.481. The van der Waals surface area contributed by atoms with Gasteiger partial charge < -0.3 is 20.4 Å². The average molecular weight is 464 g/mol. The van der Waals surface area contributed by atoms with E-state index in [0.29, 0.717) is 13.1 Å². The second-order valence-corrected chi connectivity index (χ2v) is 9.65. The van der Waals surface area contributed by atoms with E-state index in [0.717, 1.165) is 56.7 Å². The minimum Gasteiger partial charge on any atom is -0.374 e. The van der Waals surface area contributed by atoms with Crippen LogP contribution in [0.2, 0.25) is 0 Å². The lowest BCUT2D eigenvalue weighted by molar-refractivity contribution is -0.139. The zero-order chi connectivity index (χ0) is 24.1. The number of aryl methyl sites for hydroxylation is 2. The molecule has 1 atom stereocenters. The third-order valence-corrected chi connectivity index (χ3v) is 7.05. The van der Waals surface area contributed by atoms with Crippen molar-refractivity contribution in [2.75, 3.05) is 58.3 Å². The summed E-state index contributed by atoms with van der Waals surface area (Å²) in [5.41, 5.74) is 6.01. The Bertz CT molecular complexity index is 999. The lowest BCUT2D eigenvalue weighted by atomic mass is 9.95. The van der Waals surface area contributed by atoms with Gasteiger partial charge in [0.15, 0.2) is 0 Å². The maximum atomic E-state index is 12.6. The lowest BCUT2D eigenvalue weighted by Gasteiger charge is -2.39. The number of hydrogen-bond acceptors (Lipinski definition) is 5. The van der Waals surface area contributed by atoms with Crippen molar-refractivity contribution in [2.24, 2.45) is 0 Å². The van der Waals surface area contributed by atoms with Crippen molar-refractivity contribution in [3.8, 4) is 0 Å². The lowest BCUT2D eigenvalue weighted by Crippen LogP contribution is -2.49. The van der Waals surface area contributed by atoms with Crippen LogP contribution in [-0.2, 0) is 22.6 Å². The first-order valence-electron chi connectivity index (χ1n) is 12.3. The van der Waals surface area contributed by atoms with Crippen LogP contribution in [0.3, 0.4) is 0 Å². The van der Waals surface area contributed by atoms with Crippen LogP contribution < -0.4 is 15.5 Å². The van der Waals surface area contributed by atoms with Gasteiger partial charge in [-0.3, -0.25) is 14.5 Å². The van der Waals surface area contributed by atoms with E-state index in [-0.39, 0.29) is 6.04 Å². The average Bonchev–Trinajstić information content (AvgIpc) is 2.84. The molecule has 0 bridgehead atoms. The fourth-order valence-corrected chi connectivity index (χ4v) is 4.84. The molecule has 34 heavy (non-hydrogen) atoms. The van der Waals surface area contributed by atoms with Crippen molar-refractivity contribution in [1.82, 2.24) is 20.4 Å². The van der Waals surface area contributed by atoms with Crippen molar-refractivity contribution < 1.29 is 9.59 Å². The number of rotatable bonds is 6. The molecule has 7 nitrogen and oxygen atoms in total. The van der Waals surface area contributed by atoms with E-state index < -0.39 is 11.8 Å². The van der Waals surface area contributed by atoms with Crippen molar-refractivity contribution in [2.45, 2.75) is 32.4 Å². The van der Waals surface area contributed by atoms with E-state index >= 15 is 0 Å². The number of anilines is 1. The highest BCUT2D eigenvalue weighted by molar-refractivity contribution is 6.35. The summed E-state index contributed by atoms with van der Waals surface area (Å²) in [6.45, 7) is 7.73. The molecule has 0 unspecified atom stereocenters. The van der Waals surface area contributed by atoms with Crippen molar-refractivity contribution in [3.63, 3.8) is 0 Å². The van der Waals surface area contributed by atoms with Crippen LogP contribution in [-0.4, -0.2) is 75.0 Å². The number of amides is 2. The van der Waals surface area contributed by atoms with Crippen LogP contribution in [0.15, 0.2) is 42.5 Å². The molecule has 2 heterocycles. The summed E-state index contributed by atoms with van der Waals surface area (Å²) in [7, 11) is 4.28. The number of carbonyl (C=O) groups excluding carboxylic acids is 2. The number of carbonyl (C=O) groups is 2. The Balaban J connectivity index is 1.42. The topological polar surface area (TPSA) is 67.9 Å². The van der Waals surface area contributed by atoms with Gasteiger partial charge in [-0.1, -0.05) is 42.0 Å². The Labute approximate surface area is 203 Å². The van der Waals surface area contributed by atoms with Gasteiger partial charge in [-0.2, -0.15) is 0 Å². The van der Waals surface area contributed by atoms with E-state index in [9.17, 15) is 9.59 Å². The highest BCUT2D eigenvalue weighted by Gasteiger charge is 2.26. The summed E-state index contributed by atoms with van der Waals surface area (Å²) >= 11 is 0. The maximum Gasteiger partial charge on any atom is 0.309 e. The molecule has 2 aromatic carbocycles. The fourth-order valence-electron chi connectivity index (χ4n) is 4.84. The second kappa shape index (κ2) is 11.0. The molecule has 2 aliphatic heterocycles. The van der Waals surface area contributed by atoms with E-state index in [1.807, 2.05) is 31.2 Å². The van der Waals surface area contributed by atoms with Gasteiger partial charge in [0, 0.05) is 58.5 Å². The highest BCUT2D eigenvalue weighted by Crippen LogP contribution is 2.31. The van der Waals surface area contributed by atoms with Gasteiger partial charge in [0.2, 0.25) is 0 Å². The van der Waals surface area contributed by atoms with Gasteiger partial charge >= 0.3 is 11.8 Å². The third-order valence-electron chi connectivity index (χ3n) is 7.05. The Morgan fingerprint density at radius 2 is 1.62 bits per heavy atom. The Kier molecular flexibility index (Phi) is 7.85. The minimum atomic E-state index is -0.593. The molecule has 0 aromatic heterocycles. The minimum absolute atomic E-state index is 0.0417. The van der Waals surface area contributed by atoms with Crippen LogP contribution >= 0.6 is 0 Å². The van der Waals surface area contributed by atoms with Crippen LogP contribution in [0, 0.1) is 6.92 Å². The quantitative estimate of drug-likeness (QED) is 0.643. The monoisotopic (exact) mass is 463 g/mol. The standard InChI is InChI=1S/C27H37N5O2/c1-20-6-8-21(9-7-20)18-28-26(33)27(34)29-19-25(32-15-13-30(2)14-16-32)23-10-11-24-22(17-23)5-4-12-31(24)3/h6-11,17,25H,4-5,12-16,18-19H2,1-3H3,(H,28,33)(H,29,34)/t25-/m0/s1. The maximum absolute atomic E-state index is 12.6. The second-order valence-electron chi connectivity index (χ2n) is 9.65. The van der Waals surface area contributed by atoms with Gasteiger partial charge in [0.25, 0.3) is 0 Å². The molecule has 0 radical (unpaired) electrons. The molecule has 1 fully saturated rings. The number of hydrogen-bond donors (Lipinski definition) is 2. The number of benzene rings is 2. The summed E-state index contributed by atoms with van der Waals surface area (Å²) in [6.07, 6.45) is 2.24. The summed E-state index contributed by atoms with van der Waals surface area (Å²) in [5.74, 6) is -1.17. The van der Waals surface area contributed by atoms with E-state index in [1.165, 1.54) is 16.8 Å². The SMILES string of the molecule is Cc1ccc(CNC(=O)C(=O)NC[C@@H](c2ccc3c(c2)CCCN3C)N2CCN(C)CC2)cc1. The van der Waals surface area contributed by atoms with Crippen LogP contribution in [0.5, 0.6) is 0 Å². The van der Waals surface area contributed by atoms with E-state index in [2.05, 4.69) is 57.6 Å². The number of fused-ring (bicyclic) bond motifs is 1. The van der Waals surface area contributed by atoms with Crippen molar-refractivity contribution >= 4 is 17.5 Å². The third kappa shape index (κ3) is 5.96. The molecule has 0 aliphatic carbocycles. The predicted octanol–water partition coefficient (Wildman–Crippen LogP) is 2.10. The normalized spacial score (nSPS) is 17.7. The van der Waals surface area contributed by atoms with Crippen molar-refractivity contribution in [1.29, 1.82) is 0 Å². The number of nitrogens with zero attached hydrogens (tertiary/aromatic N) is 3. The van der Waals surface area contributed by atoms with Gasteiger partial charge in [0.05, 0.1) is 6.04 Å². The summed E-state index contributed by atoms with van der Waals surface area (Å²) in [4.78, 5) is 32.1. The van der Waals surface area contributed by atoms with Crippen LogP contribution in [0.25, 0.3) is 0 Å². The van der Waals surface area contributed by atoms with Crippen LogP contribution in [0.1, 0.15) is 34.7 Å². The smallest absolute Gasteiger partial charge is 0.309 e. The number of piperazine rings is 1. The molecule has 4 rings (SSSR count). The van der Waals surface area contributed by atoms with Gasteiger partial charge in [0.1, 0.15) is 0 Å². The summed E-state index contributed by atoms with van der Waals surface area (Å²) in [6, 6.07) is 14.7. The molecule has 2 aliphatic rings. The van der Waals surface area contributed by atoms with E-state index in [4.69, 9.17) is 0 Å². The molecular weight excluding hydrogens is 426 g/mol. The molecule has 1 saturated heterocycles. The zero-order valence-electron chi connectivity index (χ0n) is 20.6.